The van der Waals surface area contributed by atoms with Gasteiger partial charge in [-0.15, -0.1) is 0 Å². The summed E-state index contributed by atoms with van der Waals surface area (Å²) in [6.07, 6.45) is 0. The number of nitrogens with zero attached hydrogens (tertiary/aromatic N) is 1. The molecule has 0 aromatic heterocycles. The average molecular weight is 470 g/mol. The first-order valence-corrected chi connectivity index (χ1v) is 12.0. The molecule has 0 unspecified atom stereocenters. The van der Waals surface area contributed by atoms with E-state index in [2.05, 4.69) is 60.4 Å². The van der Waals surface area contributed by atoms with Crippen molar-refractivity contribution < 1.29 is 9.53 Å². The minimum atomic E-state index is 0.00279. The van der Waals surface area contributed by atoms with Crippen molar-refractivity contribution in [3.8, 4) is 11.5 Å². The number of ether oxygens (including phenoxy) is 1. The van der Waals surface area contributed by atoms with E-state index >= 15 is 0 Å². The molecule has 0 saturated carbocycles. The third-order valence-corrected chi connectivity index (χ3v) is 6.07. The summed E-state index contributed by atoms with van der Waals surface area (Å²) in [5, 5.41) is 0. The quantitative estimate of drug-likeness (QED) is 0.223. The molecule has 0 spiro atoms. The summed E-state index contributed by atoms with van der Waals surface area (Å²) in [6.45, 7) is 4.10. The van der Waals surface area contributed by atoms with E-state index in [-0.39, 0.29) is 5.78 Å². The van der Waals surface area contributed by atoms with Crippen LogP contribution in [0.15, 0.2) is 127 Å². The summed E-state index contributed by atoms with van der Waals surface area (Å²) in [6, 6.07) is 41.7. The zero-order valence-corrected chi connectivity index (χ0v) is 20.4. The third kappa shape index (κ3) is 5.21. The molecular weight excluding hydrogens is 442 g/mol. The molecular formula is C33H27NO2. The molecule has 0 atom stereocenters. The van der Waals surface area contributed by atoms with E-state index in [1.54, 1.807) is 12.1 Å². The fourth-order valence-corrected chi connectivity index (χ4v) is 4.06. The Balaban J connectivity index is 1.34. The minimum Gasteiger partial charge on any atom is -0.457 e. The second-order valence-corrected chi connectivity index (χ2v) is 8.82. The van der Waals surface area contributed by atoms with Crippen molar-refractivity contribution in [3.05, 3.63) is 150 Å². The van der Waals surface area contributed by atoms with E-state index < -0.39 is 0 Å². The van der Waals surface area contributed by atoms with Crippen molar-refractivity contribution in [1.29, 1.82) is 0 Å². The number of ketones is 1. The maximum Gasteiger partial charge on any atom is 0.193 e. The van der Waals surface area contributed by atoms with Crippen LogP contribution in [0.4, 0.5) is 17.1 Å². The number of benzene rings is 5. The van der Waals surface area contributed by atoms with Crippen LogP contribution in [0.5, 0.6) is 11.5 Å². The van der Waals surface area contributed by atoms with E-state index in [1.165, 1.54) is 5.56 Å². The molecule has 0 saturated heterocycles. The Morgan fingerprint density at radius 1 is 0.500 bits per heavy atom. The Morgan fingerprint density at radius 2 is 0.889 bits per heavy atom. The molecule has 36 heavy (non-hydrogen) atoms. The van der Waals surface area contributed by atoms with Crippen molar-refractivity contribution in [2.24, 2.45) is 0 Å². The second kappa shape index (κ2) is 10.3. The van der Waals surface area contributed by atoms with Gasteiger partial charge in [0.2, 0.25) is 0 Å². The maximum atomic E-state index is 12.7. The molecule has 0 aliphatic heterocycles. The van der Waals surface area contributed by atoms with Crippen molar-refractivity contribution in [2.75, 3.05) is 4.90 Å². The van der Waals surface area contributed by atoms with Gasteiger partial charge in [-0.25, -0.2) is 0 Å². The van der Waals surface area contributed by atoms with E-state index in [0.29, 0.717) is 16.9 Å². The Morgan fingerprint density at radius 3 is 1.42 bits per heavy atom. The number of anilines is 3. The maximum absolute atomic E-state index is 12.7. The van der Waals surface area contributed by atoms with Crippen LogP contribution in [0, 0.1) is 13.8 Å². The van der Waals surface area contributed by atoms with Crippen LogP contribution < -0.4 is 9.64 Å². The van der Waals surface area contributed by atoms with E-state index in [4.69, 9.17) is 4.74 Å². The Kier molecular flexibility index (Phi) is 6.63. The van der Waals surface area contributed by atoms with Gasteiger partial charge in [-0.2, -0.15) is 0 Å². The lowest BCUT2D eigenvalue weighted by Crippen LogP contribution is -2.09. The van der Waals surface area contributed by atoms with Crippen molar-refractivity contribution >= 4 is 22.8 Å². The van der Waals surface area contributed by atoms with E-state index in [1.807, 2.05) is 73.7 Å². The van der Waals surface area contributed by atoms with Crippen LogP contribution in [0.1, 0.15) is 27.0 Å². The first kappa shape index (κ1) is 23.1. The van der Waals surface area contributed by atoms with Gasteiger partial charge < -0.3 is 9.64 Å². The number of hydrogen-bond donors (Lipinski definition) is 0. The second-order valence-electron chi connectivity index (χ2n) is 8.82. The molecule has 5 aromatic rings. The molecule has 0 aliphatic carbocycles. The molecule has 3 heteroatoms. The Hall–Kier alpha value is -4.63. The minimum absolute atomic E-state index is 0.00279. The molecule has 0 radical (unpaired) electrons. The first-order chi connectivity index (χ1) is 17.6. The molecule has 0 aliphatic rings. The zero-order chi connectivity index (χ0) is 24.9. The van der Waals surface area contributed by atoms with Gasteiger partial charge in [-0.1, -0.05) is 65.7 Å². The molecule has 176 valence electrons. The predicted molar refractivity (Wildman–Crippen MR) is 147 cm³/mol. The van der Waals surface area contributed by atoms with Gasteiger partial charge in [0.15, 0.2) is 5.78 Å². The van der Waals surface area contributed by atoms with Crippen LogP contribution >= 0.6 is 0 Å². The predicted octanol–water partition coefficient (Wildman–Crippen LogP) is 8.80. The molecule has 0 amide bonds. The average Bonchev–Trinajstić information content (AvgIpc) is 2.92. The fourth-order valence-electron chi connectivity index (χ4n) is 4.06. The van der Waals surface area contributed by atoms with Gasteiger partial charge in [-0.3, -0.25) is 4.79 Å². The van der Waals surface area contributed by atoms with Crippen LogP contribution in [-0.2, 0) is 0 Å². The van der Waals surface area contributed by atoms with Gasteiger partial charge in [0.1, 0.15) is 11.5 Å². The number of carbonyl (C=O) groups excluding carboxylic acids is 1. The van der Waals surface area contributed by atoms with Crippen LogP contribution in [0.2, 0.25) is 0 Å². The van der Waals surface area contributed by atoms with E-state index in [0.717, 1.165) is 28.4 Å². The van der Waals surface area contributed by atoms with Gasteiger partial charge in [0.25, 0.3) is 0 Å². The highest BCUT2D eigenvalue weighted by Crippen LogP contribution is 2.35. The Bertz CT molecular complexity index is 1440. The van der Waals surface area contributed by atoms with Gasteiger partial charge >= 0.3 is 0 Å². The highest BCUT2D eigenvalue weighted by atomic mass is 16.5. The molecule has 0 N–H and O–H groups in total. The Labute approximate surface area is 212 Å². The number of rotatable bonds is 7. The summed E-state index contributed by atoms with van der Waals surface area (Å²) < 4.78 is 6.07. The van der Waals surface area contributed by atoms with Gasteiger partial charge in [0, 0.05) is 28.2 Å². The molecule has 5 rings (SSSR count). The standard InChI is InChI=1S/C33H27NO2/c1-24-8-12-26(13-9-24)33(35)27-14-20-31(21-15-27)36-32-22-18-30(19-23-32)34(28-6-4-3-5-7-28)29-16-10-25(2)11-17-29/h3-23H,1-2H3. The lowest BCUT2D eigenvalue weighted by atomic mass is 10.0. The lowest BCUT2D eigenvalue weighted by molar-refractivity contribution is 0.103. The summed E-state index contributed by atoms with van der Waals surface area (Å²) in [4.78, 5) is 15.0. The summed E-state index contributed by atoms with van der Waals surface area (Å²) in [5.74, 6) is 1.41. The monoisotopic (exact) mass is 469 g/mol. The SMILES string of the molecule is Cc1ccc(C(=O)c2ccc(Oc3ccc(N(c4ccccc4)c4ccc(C)cc4)cc3)cc2)cc1. The van der Waals surface area contributed by atoms with Crippen molar-refractivity contribution in [2.45, 2.75) is 13.8 Å². The topological polar surface area (TPSA) is 29.5 Å². The summed E-state index contributed by atoms with van der Waals surface area (Å²) in [5.41, 5.74) is 6.89. The van der Waals surface area contributed by atoms with Crippen LogP contribution in [0.3, 0.4) is 0 Å². The normalized spacial score (nSPS) is 10.6. The number of aryl methyl sites for hydroxylation is 2. The first-order valence-electron chi connectivity index (χ1n) is 12.0. The molecule has 3 nitrogen and oxygen atoms in total. The van der Waals surface area contributed by atoms with Gasteiger partial charge in [0.05, 0.1) is 0 Å². The molecule has 0 bridgehead atoms. The zero-order valence-electron chi connectivity index (χ0n) is 20.4. The van der Waals surface area contributed by atoms with Crippen molar-refractivity contribution in [1.82, 2.24) is 0 Å². The highest BCUT2D eigenvalue weighted by molar-refractivity contribution is 6.09. The fraction of sp³-hybridized carbons (Fsp3) is 0.0606. The van der Waals surface area contributed by atoms with Crippen LogP contribution in [0.25, 0.3) is 0 Å². The summed E-state index contributed by atoms with van der Waals surface area (Å²) in [7, 11) is 0. The van der Waals surface area contributed by atoms with E-state index in [9.17, 15) is 4.79 Å². The lowest BCUT2D eigenvalue weighted by Gasteiger charge is -2.25. The molecule has 0 heterocycles. The third-order valence-electron chi connectivity index (χ3n) is 6.07. The molecule has 5 aromatic carbocycles. The van der Waals surface area contributed by atoms with Crippen molar-refractivity contribution in [3.63, 3.8) is 0 Å². The molecule has 0 fully saturated rings. The largest absolute Gasteiger partial charge is 0.457 e. The highest BCUT2D eigenvalue weighted by Gasteiger charge is 2.13. The smallest absolute Gasteiger partial charge is 0.193 e. The number of carbonyl (C=O) groups is 1. The number of hydrogen-bond acceptors (Lipinski definition) is 3. The number of para-hydroxylation sites is 1. The summed E-state index contributed by atoms with van der Waals surface area (Å²) >= 11 is 0. The van der Waals surface area contributed by atoms with Crippen LogP contribution in [-0.4, -0.2) is 5.78 Å². The van der Waals surface area contributed by atoms with Gasteiger partial charge in [-0.05, 0) is 86.6 Å².